The van der Waals surface area contributed by atoms with Crippen molar-refractivity contribution < 1.29 is 14.0 Å². The minimum Gasteiger partial charge on any atom is -0.401 e. The maximum Gasteiger partial charge on any atom is 0.259 e. The van der Waals surface area contributed by atoms with Gasteiger partial charge in [0, 0.05) is 40.0 Å². The summed E-state index contributed by atoms with van der Waals surface area (Å²) in [6, 6.07) is 6.44. The van der Waals surface area contributed by atoms with Gasteiger partial charge in [0.2, 0.25) is 5.78 Å². The van der Waals surface area contributed by atoms with Crippen LogP contribution in [0.2, 0.25) is 5.02 Å². The van der Waals surface area contributed by atoms with E-state index in [-0.39, 0.29) is 34.8 Å². The highest BCUT2D eigenvalue weighted by Gasteiger charge is 2.24. The molecule has 0 spiro atoms. The first-order chi connectivity index (χ1) is 13.7. The third kappa shape index (κ3) is 6.01. The van der Waals surface area contributed by atoms with Crippen LogP contribution < -0.4 is 22.6 Å². The van der Waals surface area contributed by atoms with Crippen molar-refractivity contribution in [1.29, 1.82) is 5.41 Å². The molecular weight excluding hydrogens is 419 g/mol. The van der Waals surface area contributed by atoms with Crippen LogP contribution in [0, 0.1) is 5.41 Å². The van der Waals surface area contributed by atoms with Gasteiger partial charge in [-0.25, -0.2) is 5.84 Å². The Morgan fingerprint density at radius 2 is 1.97 bits per heavy atom. The third-order valence-corrected chi connectivity index (χ3v) is 4.80. The van der Waals surface area contributed by atoms with Crippen LogP contribution in [0.15, 0.2) is 41.5 Å². The molecule has 0 saturated heterocycles. The van der Waals surface area contributed by atoms with Gasteiger partial charge in [-0.15, -0.1) is 11.3 Å². The first-order valence-electron chi connectivity index (χ1n) is 8.32. The molecule has 2 rings (SSSR count). The Bertz CT molecular complexity index is 944. The van der Waals surface area contributed by atoms with E-state index < -0.39 is 24.1 Å². The van der Waals surface area contributed by atoms with Crippen molar-refractivity contribution in [2.45, 2.75) is 6.42 Å². The van der Waals surface area contributed by atoms with Crippen LogP contribution >= 0.6 is 22.9 Å². The van der Waals surface area contributed by atoms with E-state index >= 15 is 0 Å². The van der Waals surface area contributed by atoms with E-state index in [2.05, 4.69) is 5.32 Å². The zero-order valence-corrected chi connectivity index (χ0v) is 16.8. The van der Waals surface area contributed by atoms with Gasteiger partial charge in [0.1, 0.15) is 5.71 Å². The Balaban J connectivity index is 2.15. The van der Waals surface area contributed by atoms with Gasteiger partial charge in [-0.3, -0.25) is 19.4 Å². The number of halogens is 2. The highest BCUT2D eigenvalue weighted by atomic mass is 35.5. The van der Waals surface area contributed by atoms with Crippen LogP contribution in [-0.4, -0.2) is 35.6 Å². The number of carbonyl (C=O) groups excluding carboxylic acids is 2. The third-order valence-electron chi connectivity index (χ3n) is 3.74. The van der Waals surface area contributed by atoms with Gasteiger partial charge >= 0.3 is 0 Å². The molecule has 8 nitrogen and oxygen atoms in total. The molecular formula is C18H20ClFN6O2S. The monoisotopic (exact) mass is 438 g/mol. The number of carbonyl (C=O) groups is 2. The number of allylic oxidation sites excluding steroid dienone is 1. The number of alkyl halides is 1. The van der Waals surface area contributed by atoms with Crippen LogP contribution in [0.3, 0.4) is 0 Å². The van der Waals surface area contributed by atoms with Gasteiger partial charge < -0.3 is 21.8 Å². The van der Waals surface area contributed by atoms with Crippen molar-refractivity contribution in [3.63, 3.8) is 0 Å². The van der Waals surface area contributed by atoms with Crippen molar-refractivity contribution in [2.24, 2.45) is 11.6 Å². The number of hydrogen-bond donors (Lipinski definition) is 5. The maximum absolute atomic E-state index is 12.6. The summed E-state index contributed by atoms with van der Waals surface area (Å²) in [4.78, 5) is 25.0. The first kappa shape index (κ1) is 22.3. The van der Waals surface area contributed by atoms with Crippen molar-refractivity contribution in [3.8, 4) is 0 Å². The summed E-state index contributed by atoms with van der Waals surface area (Å²) in [6.07, 6.45) is 1.20. The molecule has 0 fully saturated rings. The van der Waals surface area contributed by atoms with E-state index in [9.17, 15) is 14.0 Å². The Kier molecular flexibility index (Phi) is 7.71. The quantitative estimate of drug-likeness (QED) is 0.230. The standard InChI is InChI=1S/C18H20ClFN6O2S/c19-10-1-3-12(4-2-10)25-18(28)15-13(9-29-17(15)23)16(22)14(27)8-26(24)7-11(21)5-6-20/h1-4,7,9,22H,5-6,8,21,23-24H2,(H,25,28)/b11-7-,22-16?. The topological polar surface area (TPSA) is 151 Å². The lowest BCUT2D eigenvalue weighted by atomic mass is 10.0. The fraction of sp³-hybridized carbons (Fsp3) is 0.167. The number of ketones is 1. The second-order valence-corrected chi connectivity index (χ2v) is 7.31. The minimum absolute atomic E-state index is 0.0184. The number of rotatable bonds is 9. The summed E-state index contributed by atoms with van der Waals surface area (Å²) in [5.74, 6) is 4.45. The summed E-state index contributed by atoms with van der Waals surface area (Å²) < 4.78 is 12.3. The number of hydrazine groups is 1. The van der Waals surface area contributed by atoms with E-state index in [1.54, 1.807) is 24.3 Å². The first-order valence-corrected chi connectivity index (χ1v) is 9.58. The second kappa shape index (κ2) is 10.0. The van der Waals surface area contributed by atoms with Crippen molar-refractivity contribution in [1.82, 2.24) is 5.01 Å². The number of thiophene rings is 1. The van der Waals surface area contributed by atoms with Gasteiger partial charge in [0.05, 0.1) is 23.8 Å². The molecule has 1 aromatic heterocycles. The average Bonchev–Trinajstić information content (AvgIpc) is 3.04. The van der Waals surface area contributed by atoms with Crippen LogP contribution in [0.1, 0.15) is 22.3 Å². The molecule has 154 valence electrons. The number of nitrogens with one attached hydrogen (secondary N) is 2. The molecule has 29 heavy (non-hydrogen) atoms. The number of Topliss-reactive ketones (excluding diaryl/α,β-unsaturated/α-hetero) is 1. The molecule has 0 saturated carbocycles. The fourth-order valence-electron chi connectivity index (χ4n) is 2.35. The molecule has 1 aromatic carbocycles. The molecule has 0 aliphatic rings. The SMILES string of the molecule is N=C(C(=O)CN(N)/C=C(\N)CCF)c1csc(N)c1C(=O)Nc1ccc(Cl)cc1. The predicted molar refractivity (Wildman–Crippen MR) is 114 cm³/mol. The van der Waals surface area contributed by atoms with E-state index in [0.717, 1.165) is 16.3 Å². The van der Waals surface area contributed by atoms with Crippen LogP contribution in [0.4, 0.5) is 15.1 Å². The lowest BCUT2D eigenvalue weighted by Crippen LogP contribution is -2.36. The number of nitrogens with two attached hydrogens (primary N) is 3. The van der Waals surface area contributed by atoms with E-state index in [0.29, 0.717) is 10.7 Å². The summed E-state index contributed by atoms with van der Waals surface area (Å²) in [5.41, 5.74) is 11.8. The molecule has 2 aromatic rings. The Morgan fingerprint density at radius 3 is 2.59 bits per heavy atom. The van der Waals surface area contributed by atoms with Crippen molar-refractivity contribution >= 4 is 51.0 Å². The van der Waals surface area contributed by atoms with Gasteiger partial charge in [0.25, 0.3) is 5.91 Å². The van der Waals surface area contributed by atoms with Crippen LogP contribution in [-0.2, 0) is 4.79 Å². The molecule has 0 radical (unpaired) electrons. The molecule has 11 heteroatoms. The number of benzene rings is 1. The Hall–Kier alpha value is -2.95. The summed E-state index contributed by atoms with van der Waals surface area (Å²) >= 11 is 6.86. The van der Waals surface area contributed by atoms with Crippen LogP contribution in [0.25, 0.3) is 0 Å². The molecule has 0 aliphatic heterocycles. The normalized spacial score (nSPS) is 11.2. The maximum atomic E-state index is 12.6. The number of amides is 1. The lowest BCUT2D eigenvalue weighted by molar-refractivity contribution is -0.113. The van der Waals surface area contributed by atoms with Crippen molar-refractivity contribution in [3.05, 3.63) is 57.7 Å². The van der Waals surface area contributed by atoms with Gasteiger partial charge in [-0.1, -0.05) is 11.6 Å². The molecule has 0 atom stereocenters. The molecule has 0 unspecified atom stereocenters. The van der Waals surface area contributed by atoms with Crippen LogP contribution in [0.5, 0.6) is 0 Å². The number of anilines is 2. The second-order valence-electron chi connectivity index (χ2n) is 5.96. The Morgan fingerprint density at radius 1 is 1.31 bits per heavy atom. The average molecular weight is 439 g/mol. The number of hydrogen-bond acceptors (Lipinski definition) is 8. The molecule has 8 N–H and O–H groups in total. The van der Waals surface area contributed by atoms with Gasteiger partial charge in [0.15, 0.2) is 0 Å². The smallest absolute Gasteiger partial charge is 0.259 e. The molecule has 0 aliphatic carbocycles. The number of nitrogens with zero attached hydrogens (tertiary/aromatic N) is 1. The summed E-state index contributed by atoms with van der Waals surface area (Å²) in [6.45, 7) is -1.03. The largest absolute Gasteiger partial charge is 0.401 e. The van der Waals surface area contributed by atoms with E-state index in [4.69, 9.17) is 34.3 Å². The van der Waals surface area contributed by atoms with E-state index in [1.165, 1.54) is 11.6 Å². The predicted octanol–water partition coefficient (Wildman–Crippen LogP) is 2.51. The zero-order chi connectivity index (χ0) is 21.6. The summed E-state index contributed by atoms with van der Waals surface area (Å²) in [5, 5.41) is 13.9. The molecule has 1 amide bonds. The minimum atomic E-state index is -0.657. The lowest BCUT2D eigenvalue weighted by Gasteiger charge is -2.14. The van der Waals surface area contributed by atoms with Gasteiger partial charge in [-0.05, 0) is 24.3 Å². The fourth-order valence-corrected chi connectivity index (χ4v) is 3.27. The van der Waals surface area contributed by atoms with Crippen molar-refractivity contribution in [2.75, 3.05) is 24.3 Å². The van der Waals surface area contributed by atoms with Gasteiger partial charge in [-0.2, -0.15) is 0 Å². The summed E-state index contributed by atoms with van der Waals surface area (Å²) in [7, 11) is 0. The zero-order valence-electron chi connectivity index (χ0n) is 15.2. The highest BCUT2D eigenvalue weighted by molar-refractivity contribution is 7.14. The highest BCUT2D eigenvalue weighted by Crippen LogP contribution is 2.27. The Labute approximate surface area is 175 Å². The molecule has 0 bridgehead atoms. The number of nitrogen functional groups attached to an aromatic ring is 1. The van der Waals surface area contributed by atoms with E-state index in [1.807, 2.05) is 0 Å². The molecule has 1 heterocycles.